The van der Waals surface area contributed by atoms with Crippen LogP contribution >= 0.6 is 0 Å². The summed E-state index contributed by atoms with van der Waals surface area (Å²) in [7, 11) is 0. The molecule has 0 aromatic carbocycles. The van der Waals surface area contributed by atoms with Crippen molar-refractivity contribution >= 4 is 5.91 Å². The fourth-order valence-electron chi connectivity index (χ4n) is 1.45. The van der Waals surface area contributed by atoms with Gasteiger partial charge in [0.25, 0.3) is 0 Å². The Morgan fingerprint density at radius 2 is 2.07 bits per heavy atom. The van der Waals surface area contributed by atoms with Crippen molar-refractivity contribution in [2.45, 2.75) is 31.3 Å². The second kappa shape index (κ2) is 4.70. The molecule has 1 heterocycles. The molecule has 1 aliphatic rings. The number of aliphatic hydroxyl groups excluding tert-OH is 3. The van der Waals surface area contributed by atoms with Gasteiger partial charge in [0, 0.05) is 13.1 Å². The molecule has 6 nitrogen and oxygen atoms in total. The van der Waals surface area contributed by atoms with E-state index in [0.717, 1.165) is 0 Å². The number of piperidine rings is 1. The van der Waals surface area contributed by atoms with Gasteiger partial charge in [0.15, 0.2) is 0 Å². The maximum atomic E-state index is 11.3. The molecule has 0 aromatic rings. The predicted octanol–water partition coefficient (Wildman–Crippen LogP) is -2.82. The van der Waals surface area contributed by atoms with E-state index in [1.54, 1.807) is 6.92 Å². The first-order valence-corrected chi connectivity index (χ1v) is 4.63. The first-order valence-electron chi connectivity index (χ1n) is 4.63. The third kappa shape index (κ3) is 2.21. The molecule has 1 saturated heterocycles. The van der Waals surface area contributed by atoms with E-state index in [-0.39, 0.29) is 12.5 Å². The molecule has 0 bridgehead atoms. The Morgan fingerprint density at radius 3 is 2.64 bits per heavy atom. The van der Waals surface area contributed by atoms with Gasteiger partial charge in [0.1, 0.15) is 18.2 Å². The Balaban J connectivity index is 2.58. The van der Waals surface area contributed by atoms with Gasteiger partial charge in [-0.25, -0.2) is 0 Å². The van der Waals surface area contributed by atoms with E-state index in [2.05, 4.69) is 10.6 Å². The molecule has 0 aliphatic carbocycles. The Kier molecular flexibility index (Phi) is 3.82. The summed E-state index contributed by atoms with van der Waals surface area (Å²) in [5, 5.41) is 33.1. The minimum atomic E-state index is -1.27. The summed E-state index contributed by atoms with van der Waals surface area (Å²) in [4.78, 5) is 11.3. The van der Waals surface area contributed by atoms with Crippen LogP contribution in [0.5, 0.6) is 0 Å². The van der Waals surface area contributed by atoms with Gasteiger partial charge in [-0.15, -0.1) is 0 Å². The normalized spacial score (nSPS) is 38.0. The van der Waals surface area contributed by atoms with Crippen molar-refractivity contribution in [1.82, 2.24) is 10.6 Å². The highest BCUT2D eigenvalue weighted by atomic mass is 16.4. The third-order valence-electron chi connectivity index (χ3n) is 2.27. The number of amides is 1. The molecule has 0 aromatic heterocycles. The summed E-state index contributed by atoms with van der Waals surface area (Å²) >= 11 is 0. The zero-order chi connectivity index (χ0) is 10.7. The highest BCUT2D eigenvalue weighted by Crippen LogP contribution is 2.10. The van der Waals surface area contributed by atoms with Gasteiger partial charge in [-0.05, 0) is 6.92 Å². The number of carbonyl (C=O) groups is 1. The van der Waals surface area contributed by atoms with Gasteiger partial charge >= 0.3 is 0 Å². The lowest BCUT2D eigenvalue weighted by Crippen LogP contribution is -2.64. The first kappa shape index (κ1) is 11.4. The van der Waals surface area contributed by atoms with Crippen molar-refractivity contribution in [1.29, 1.82) is 0 Å². The van der Waals surface area contributed by atoms with Gasteiger partial charge in [-0.1, -0.05) is 0 Å². The smallest absolute Gasteiger partial charge is 0.239 e. The van der Waals surface area contributed by atoms with Gasteiger partial charge in [0.2, 0.25) is 5.91 Å². The van der Waals surface area contributed by atoms with Crippen molar-refractivity contribution in [2.24, 2.45) is 0 Å². The monoisotopic (exact) mass is 204 g/mol. The molecule has 0 saturated carbocycles. The van der Waals surface area contributed by atoms with Crippen molar-refractivity contribution in [3.63, 3.8) is 0 Å². The van der Waals surface area contributed by atoms with Crippen LogP contribution in [0, 0.1) is 0 Å². The van der Waals surface area contributed by atoms with Crippen molar-refractivity contribution in [3.05, 3.63) is 0 Å². The van der Waals surface area contributed by atoms with Crippen LogP contribution in [0.2, 0.25) is 0 Å². The van der Waals surface area contributed by atoms with E-state index in [9.17, 15) is 20.1 Å². The molecule has 5 N–H and O–H groups in total. The number of likely N-dealkylation sites (N-methyl/N-ethyl adjacent to an activating group) is 1. The summed E-state index contributed by atoms with van der Waals surface area (Å²) in [6.07, 6.45) is -3.58. The van der Waals surface area contributed by atoms with Crippen LogP contribution in [0.3, 0.4) is 0 Å². The van der Waals surface area contributed by atoms with E-state index in [4.69, 9.17) is 0 Å². The van der Waals surface area contributed by atoms with Crippen molar-refractivity contribution < 1.29 is 20.1 Å². The maximum Gasteiger partial charge on any atom is 0.239 e. The molecule has 6 heteroatoms. The molecule has 0 radical (unpaired) electrons. The molecule has 1 aliphatic heterocycles. The van der Waals surface area contributed by atoms with Gasteiger partial charge in [0.05, 0.1) is 6.10 Å². The van der Waals surface area contributed by atoms with Crippen LogP contribution < -0.4 is 10.6 Å². The quantitative estimate of drug-likeness (QED) is 0.334. The topological polar surface area (TPSA) is 102 Å². The highest BCUT2D eigenvalue weighted by molar-refractivity contribution is 5.82. The summed E-state index contributed by atoms with van der Waals surface area (Å²) in [6.45, 7) is 2.32. The second-order valence-electron chi connectivity index (χ2n) is 3.33. The maximum absolute atomic E-state index is 11.3. The average Bonchev–Trinajstić information content (AvgIpc) is 2.15. The molecule has 0 spiro atoms. The minimum Gasteiger partial charge on any atom is -0.389 e. The lowest BCUT2D eigenvalue weighted by atomic mass is 9.95. The van der Waals surface area contributed by atoms with Crippen LogP contribution in [-0.2, 0) is 4.79 Å². The lowest BCUT2D eigenvalue weighted by molar-refractivity contribution is -0.137. The number of nitrogens with one attached hydrogen (secondary N) is 2. The van der Waals surface area contributed by atoms with E-state index >= 15 is 0 Å². The fraction of sp³-hybridized carbons (Fsp3) is 0.875. The van der Waals surface area contributed by atoms with Crippen molar-refractivity contribution in [2.75, 3.05) is 13.1 Å². The van der Waals surface area contributed by atoms with Crippen LogP contribution in [0.25, 0.3) is 0 Å². The summed E-state index contributed by atoms with van der Waals surface area (Å²) < 4.78 is 0. The molecule has 82 valence electrons. The van der Waals surface area contributed by atoms with Gasteiger partial charge < -0.3 is 26.0 Å². The number of aliphatic hydroxyl groups is 3. The summed E-state index contributed by atoms with van der Waals surface area (Å²) in [6, 6.07) is -0.853. The van der Waals surface area contributed by atoms with E-state index < -0.39 is 24.4 Å². The molecular formula is C8H16N2O4. The lowest BCUT2D eigenvalue weighted by Gasteiger charge is -2.35. The van der Waals surface area contributed by atoms with Crippen LogP contribution in [0.15, 0.2) is 0 Å². The SMILES string of the molecule is CCNC(=O)C1NCC(O)C(O)C1O. The fourth-order valence-corrected chi connectivity index (χ4v) is 1.45. The van der Waals surface area contributed by atoms with Crippen LogP contribution in [0.4, 0.5) is 0 Å². The Bertz CT molecular complexity index is 212. The second-order valence-corrected chi connectivity index (χ2v) is 3.33. The van der Waals surface area contributed by atoms with E-state index in [1.807, 2.05) is 0 Å². The standard InChI is InChI=1S/C8H16N2O4/c1-2-9-8(14)5-7(13)6(12)4(11)3-10-5/h4-7,10-13H,2-3H2,1H3,(H,9,14). The van der Waals surface area contributed by atoms with Gasteiger partial charge in [-0.2, -0.15) is 0 Å². The minimum absolute atomic E-state index is 0.0972. The number of rotatable bonds is 2. The summed E-state index contributed by atoms with van der Waals surface area (Å²) in [5.41, 5.74) is 0. The Morgan fingerprint density at radius 1 is 1.43 bits per heavy atom. The predicted molar refractivity (Wildman–Crippen MR) is 48.5 cm³/mol. The van der Waals surface area contributed by atoms with E-state index in [1.165, 1.54) is 0 Å². The number of β-amino-alcohol motifs (C(OH)–C–C–N with tert-alkyl or cyclic N) is 1. The number of hydrogen-bond acceptors (Lipinski definition) is 5. The molecule has 1 amide bonds. The molecule has 1 fully saturated rings. The number of hydrogen-bond donors (Lipinski definition) is 5. The largest absolute Gasteiger partial charge is 0.389 e. The highest BCUT2D eigenvalue weighted by Gasteiger charge is 2.39. The zero-order valence-corrected chi connectivity index (χ0v) is 7.97. The zero-order valence-electron chi connectivity index (χ0n) is 7.97. The Hall–Kier alpha value is -0.690. The van der Waals surface area contributed by atoms with E-state index in [0.29, 0.717) is 6.54 Å². The average molecular weight is 204 g/mol. The third-order valence-corrected chi connectivity index (χ3v) is 2.27. The molecular weight excluding hydrogens is 188 g/mol. The van der Waals surface area contributed by atoms with Gasteiger partial charge in [-0.3, -0.25) is 4.79 Å². The van der Waals surface area contributed by atoms with Crippen LogP contribution in [0.1, 0.15) is 6.92 Å². The Labute approximate surface area is 81.9 Å². The van der Waals surface area contributed by atoms with Crippen LogP contribution in [-0.4, -0.2) is 58.7 Å². The molecule has 14 heavy (non-hydrogen) atoms. The molecule has 4 unspecified atom stereocenters. The molecule has 4 atom stereocenters. The number of carbonyl (C=O) groups excluding carboxylic acids is 1. The molecule has 1 rings (SSSR count). The van der Waals surface area contributed by atoms with Crippen molar-refractivity contribution in [3.8, 4) is 0 Å². The first-order chi connectivity index (χ1) is 6.57. The summed E-state index contributed by atoms with van der Waals surface area (Å²) in [5.74, 6) is -0.369.